The number of hydrogen-bond acceptors (Lipinski definition) is 5. The molecule has 0 saturated carbocycles. The van der Waals surface area contributed by atoms with Gasteiger partial charge in [0.25, 0.3) is 0 Å². The smallest absolute Gasteiger partial charge is 0.305 e. The first-order valence-electron chi connectivity index (χ1n) is 7.43. The van der Waals surface area contributed by atoms with E-state index in [2.05, 4.69) is 4.98 Å². The summed E-state index contributed by atoms with van der Waals surface area (Å²) in [6.45, 7) is 4.83. The van der Waals surface area contributed by atoms with E-state index in [1.165, 1.54) is 11.3 Å². The van der Waals surface area contributed by atoms with Crippen molar-refractivity contribution in [2.45, 2.75) is 26.7 Å². The highest BCUT2D eigenvalue weighted by Gasteiger charge is 2.18. The van der Waals surface area contributed by atoms with Crippen LogP contribution in [0.1, 0.15) is 26.0 Å². The lowest BCUT2D eigenvalue weighted by Gasteiger charge is -2.23. The topological polar surface area (TPSA) is 70.5 Å². The number of amides is 1. The van der Waals surface area contributed by atoms with Gasteiger partial charge in [0.1, 0.15) is 5.01 Å². The van der Waals surface area contributed by atoms with E-state index in [-0.39, 0.29) is 25.3 Å². The fourth-order valence-corrected chi connectivity index (χ4v) is 3.79. The Hall–Kier alpha value is -1.73. The van der Waals surface area contributed by atoms with Crippen molar-refractivity contribution in [3.05, 3.63) is 28.6 Å². The van der Waals surface area contributed by atoms with Crippen molar-refractivity contribution >= 4 is 34.6 Å². The first-order valence-corrected chi connectivity index (χ1v) is 9.19. The van der Waals surface area contributed by atoms with Gasteiger partial charge in [-0.15, -0.1) is 22.7 Å². The van der Waals surface area contributed by atoms with Crippen molar-refractivity contribution in [3.63, 3.8) is 0 Å². The van der Waals surface area contributed by atoms with Gasteiger partial charge in [0, 0.05) is 18.5 Å². The number of carbonyl (C=O) groups excluding carboxylic acids is 1. The second-order valence-corrected chi connectivity index (χ2v) is 7.48. The molecule has 1 amide bonds. The molecule has 0 saturated heterocycles. The highest BCUT2D eigenvalue weighted by Crippen LogP contribution is 2.28. The van der Waals surface area contributed by atoms with Gasteiger partial charge in [0.2, 0.25) is 5.91 Å². The Bertz CT molecular complexity index is 650. The Kier molecular flexibility index (Phi) is 6.29. The molecule has 0 bridgehead atoms. The summed E-state index contributed by atoms with van der Waals surface area (Å²) in [4.78, 5) is 30.5. The summed E-state index contributed by atoms with van der Waals surface area (Å²) in [6, 6.07) is 3.98. The summed E-state index contributed by atoms with van der Waals surface area (Å²) < 4.78 is 0. The molecule has 5 nitrogen and oxygen atoms in total. The third-order valence-electron chi connectivity index (χ3n) is 3.15. The van der Waals surface area contributed by atoms with Gasteiger partial charge in [-0.05, 0) is 17.4 Å². The summed E-state index contributed by atoms with van der Waals surface area (Å²) >= 11 is 3.15. The average Bonchev–Trinajstić information content (AvgIpc) is 3.13. The second-order valence-electron chi connectivity index (χ2n) is 5.68. The van der Waals surface area contributed by atoms with E-state index >= 15 is 0 Å². The Morgan fingerprint density at radius 3 is 2.74 bits per heavy atom. The standard InChI is InChI=1S/C16H20N2O3S2/c1-11(2)9-18(6-5-15(20)21)14(19)8-12-10-23-16(17-12)13-4-3-7-22-13/h3-4,7,10-11H,5-6,8-9H2,1-2H3,(H,20,21). The quantitative estimate of drug-likeness (QED) is 0.791. The second kappa shape index (κ2) is 8.21. The van der Waals surface area contributed by atoms with Crippen molar-refractivity contribution in [2.24, 2.45) is 5.92 Å². The molecule has 0 aliphatic carbocycles. The van der Waals surface area contributed by atoms with E-state index in [0.717, 1.165) is 15.6 Å². The lowest BCUT2D eigenvalue weighted by molar-refractivity contribution is -0.138. The largest absolute Gasteiger partial charge is 0.481 e. The third-order valence-corrected chi connectivity index (χ3v) is 5.08. The van der Waals surface area contributed by atoms with Crippen LogP contribution in [0.2, 0.25) is 0 Å². The molecular weight excluding hydrogens is 332 g/mol. The fourth-order valence-electron chi connectivity index (χ4n) is 2.16. The Labute approximate surface area is 143 Å². The number of hydrogen-bond donors (Lipinski definition) is 1. The zero-order chi connectivity index (χ0) is 16.8. The molecule has 0 spiro atoms. The highest BCUT2D eigenvalue weighted by atomic mass is 32.1. The van der Waals surface area contributed by atoms with Gasteiger partial charge < -0.3 is 10.0 Å². The molecule has 0 atom stereocenters. The molecule has 2 rings (SSSR count). The van der Waals surface area contributed by atoms with Crippen molar-refractivity contribution in [1.29, 1.82) is 0 Å². The maximum absolute atomic E-state index is 12.5. The van der Waals surface area contributed by atoms with Gasteiger partial charge in [-0.25, -0.2) is 4.98 Å². The van der Waals surface area contributed by atoms with E-state index in [9.17, 15) is 9.59 Å². The number of aliphatic carboxylic acids is 1. The number of nitrogens with zero attached hydrogens (tertiary/aromatic N) is 2. The van der Waals surface area contributed by atoms with Crippen LogP contribution in [0.5, 0.6) is 0 Å². The number of thiophene rings is 1. The Morgan fingerprint density at radius 1 is 1.35 bits per heavy atom. The number of aromatic nitrogens is 1. The predicted octanol–water partition coefficient (Wildman–Crippen LogP) is 3.37. The molecule has 1 N–H and O–H groups in total. The number of rotatable bonds is 8. The Balaban J connectivity index is 2.01. The maximum Gasteiger partial charge on any atom is 0.305 e. The zero-order valence-corrected chi connectivity index (χ0v) is 14.8. The van der Waals surface area contributed by atoms with Crippen LogP contribution in [0.3, 0.4) is 0 Å². The van der Waals surface area contributed by atoms with Crippen LogP contribution in [-0.2, 0) is 16.0 Å². The summed E-state index contributed by atoms with van der Waals surface area (Å²) in [7, 11) is 0. The third kappa shape index (κ3) is 5.44. The van der Waals surface area contributed by atoms with E-state index in [1.807, 2.05) is 36.7 Å². The molecule has 23 heavy (non-hydrogen) atoms. The van der Waals surface area contributed by atoms with Crippen LogP contribution in [0.25, 0.3) is 9.88 Å². The molecule has 0 aliphatic heterocycles. The first-order chi connectivity index (χ1) is 11.0. The van der Waals surface area contributed by atoms with E-state index in [0.29, 0.717) is 12.5 Å². The van der Waals surface area contributed by atoms with Crippen molar-refractivity contribution < 1.29 is 14.7 Å². The normalized spacial score (nSPS) is 10.9. The van der Waals surface area contributed by atoms with Crippen molar-refractivity contribution in [2.75, 3.05) is 13.1 Å². The number of thiazole rings is 1. The lowest BCUT2D eigenvalue weighted by Crippen LogP contribution is -2.37. The molecule has 0 fully saturated rings. The summed E-state index contributed by atoms with van der Waals surface area (Å²) in [5.74, 6) is -0.659. The minimum atomic E-state index is -0.889. The minimum Gasteiger partial charge on any atom is -0.481 e. The van der Waals surface area contributed by atoms with Crippen LogP contribution in [0.15, 0.2) is 22.9 Å². The molecule has 0 radical (unpaired) electrons. The monoisotopic (exact) mass is 352 g/mol. The summed E-state index contributed by atoms with van der Waals surface area (Å²) in [5, 5.41) is 13.6. The number of carbonyl (C=O) groups is 2. The van der Waals surface area contributed by atoms with Gasteiger partial charge in [0.15, 0.2) is 0 Å². The summed E-state index contributed by atoms with van der Waals surface area (Å²) in [5.41, 5.74) is 0.743. The first kappa shape index (κ1) is 17.6. The van der Waals surface area contributed by atoms with Gasteiger partial charge in [-0.3, -0.25) is 9.59 Å². The molecule has 0 unspecified atom stereocenters. The van der Waals surface area contributed by atoms with E-state index < -0.39 is 5.97 Å². The molecule has 2 aromatic rings. The van der Waals surface area contributed by atoms with Gasteiger partial charge in [-0.1, -0.05) is 19.9 Å². The van der Waals surface area contributed by atoms with Gasteiger partial charge >= 0.3 is 5.97 Å². The predicted molar refractivity (Wildman–Crippen MR) is 92.8 cm³/mol. The fraction of sp³-hybridized carbons (Fsp3) is 0.438. The van der Waals surface area contributed by atoms with Crippen LogP contribution in [-0.4, -0.2) is 40.0 Å². The molecule has 7 heteroatoms. The van der Waals surface area contributed by atoms with Crippen molar-refractivity contribution in [1.82, 2.24) is 9.88 Å². The summed E-state index contributed by atoms with van der Waals surface area (Å²) in [6.07, 6.45) is 0.185. The molecular formula is C16H20N2O3S2. The molecule has 124 valence electrons. The molecule has 0 aliphatic rings. The van der Waals surface area contributed by atoms with Gasteiger partial charge in [-0.2, -0.15) is 0 Å². The van der Waals surface area contributed by atoms with E-state index in [4.69, 9.17) is 5.11 Å². The number of carboxylic acid groups (broad SMARTS) is 1. The zero-order valence-electron chi connectivity index (χ0n) is 13.2. The van der Waals surface area contributed by atoms with Crippen LogP contribution in [0.4, 0.5) is 0 Å². The molecule has 2 aromatic heterocycles. The van der Waals surface area contributed by atoms with Crippen molar-refractivity contribution in [3.8, 4) is 9.88 Å². The van der Waals surface area contributed by atoms with Gasteiger partial charge in [0.05, 0.1) is 23.4 Å². The van der Waals surface area contributed by atoms with Crippen LogP contribution in [0, 0.1) is 5.92 Å². The SMILES string of the molecule is CC(C)CN(CCC(=O)O)C(=O)Cc1csc(-c2cccs2)n1. The molecule has 0 aromatic carbocycles. The van der Waals surface area contributed by atoms with E-state index in [1.54, 1.807) is 16.2 Å². The molecule has 2 heterocycles. The maximum atomic E-state index is 12.5. The number of carboxylic acids is 1. The average molecular weight is 352 g/mol. The Morgan fingerprint density at radius 2 is 2.13 bits per heavy atom. The lowest BCUT2D eigenvalue weighted by atomic mass is 10.2. The minimum absolute atomic E-state index is 0.0318. The highest BCUT2D eigenvalue weighted by molar-refractivity contribution is 7.20. The van der Waals surface area contributed by atoms with Crippen LogP contribution >= 0.6 is 22.7 Å². The van der Waals surface area contributed by atoms with Crippen LogP contribution < -0.4 is 0 Å².